The van der Waals surface area contributed by atoms with Crippen LogP contribution in [-0.2, 0) is 9.53 Å². The molecule has 0 aromatic heterocycles. The van der Waals surface area contributed by atoms with Crippen molar-refractivity contribution in [1.29, 1.82) is 0 Å². The summed E-state index contributed by atoms with van der Waals surface area (Å²) >= 11 is 9.21. The lowest BCUT2D eigenvalue weighted by Gasteiger charge is -2.40. The molecule has 3 aromatic carbocycles. The first-order valence-corrected chi connectivity index (χ1v) is 14.9. The van der Waals surface area contributed by atoms with Gasteiger partial charge in [0.1, 0.15) is 5.60 Å². The second-order valence-corrected chi connectivity index (χ2v) is 12.6. The number of hydrogen-bond donors (Lipinski definition) is 2. The molecule has 1 atom stereocenters. The van der Waals surface area contributed by atoms with Crippen molar-refractivity contribution in [3.8, 4) is 11.1 Å². The van der Waals surface area contributed by atoms with Crippen LogP contribution in [0, 0.1) is 0 Å². The normalized spacial score (nSPS) is 16.1. The molecule has 1 aliphatic carbocycles. The van der Waals surface area contributed by atoms with E-state index in [1.165, 1.54) is 32.1 Å². The molecule has 3 amide bonds. The molecular weight excluding hydrogens is 622 g/mol. The molecule has 0 bridgehead atoms. The summed E-state index contributed by atoms with van der Waals surface area (Å²) in [6.45, 7) is 7.95. The van der Waals surface area contributed by atoms with E-state index in [9.17, 15) is 19.5 Å². The molecule has 1 heterocycles. The van der Waals surface area contributed by atoms with Gasteiger partial charge in [0.05, 0.1) is 11.7 Å². The van der Waals surface area contributed by atoms with E-state index in [-0.39, 0.29) is 32.0 Å². The Bertz CT molecular complexity index is 1430. The largest absolute Gasteiger partial charge is 0.465 e. The first-order chi connectivity index (χ1) is 19.8. The number of nitrogens with zero attached hydrogens (tertiary/aromatic N) is 2. The van der Waals surface area contributed by atoms with E-state index in [1.54, 1.807) is 39.0 Å². The van der Waals surface area contributed by atoms with Gasteiger partial charge < -0.3 is 25.0 Å². The van der Waals surface area contributed by atoms with E-state index >= 15 is 0 Å². The van der Waals surface area contributed by atoms with Gasteiger partial charge in [-0.3, -0.25) is 4.79 Å². The number of fused-ring (bicyclic) bond motifs is 3. The summed E-state index contributed by atoms with van der Waals surface area (Å²) in [6.07, 6.45) is -1.75. The molecule has 3 aromatic rings. The Morgan fingerprint density at radius 3 is 2.14 bits per heavy atom. The third-order valence-electron chi connectivity index (χ3n) is 7.15. The van der Waals surface area contributed by atoms with Crippen molar-refractivity contribution in [2.45, 2.75) is 51.7 Å². The number of carbonyl (C=O) groups is 3. The summed E-state index contributed by atoms with van der Waals surface area (Å²) in [7, 11) is 0. The van der Waals surface area contributed by atoms with Crippen LogP contribution in [0.3, 0.4) is 0 Å². The molecule has 0 saturated carbocycles. The molecule has 8 nitrogen and oxygen atoms in total. The van der Waals surface area contributed by atoms with Crippen molar-refractivity contribution in [3.05, 3.63) is 87.4 Å². The Hall–Kier alpha value is -3.56. The summed E-state index contributed by atoms with van der Waals surface area (Å²) in [5.74, 6) is 0.188. The van der Waals surface area contributed by atoms with Gasteiger partial charge in [0.2, 0.25) is 5.91 Å². The van der Waals surface area contributed by atoms with Gasteiger partial charge in [-0.2, -0.15) is 0 Å². The highest BCUT2D eigenvalue weighted by Gasteiger charge is 2.35. The van der Waals surface area contributed by atoms with Crippen molar-refractivity contribution in [2.24, 2.45) is 0 Å². The fraction of sp³-hybridized carbons (Fsp3) is 0.344. The first kappa shape index (κ1) is 31.4. The van der Waals surface area contributed by atoms with Crippen LogP contribution in [0.15, 0.2) is 71.2 Å². The number of benzene rings is 3. The Morgan fingerprint density at radius 1 is 1.00 bits per heavy atom. The van der Waals surface area contributed by atoms with Crippen molar-refractivity contribution in [3.63, 3.8) is 0 Å². The summed E-state index contributed by atoms with van der Waals surface area (Å²) in [4.78, 5) is 38.9. The van der Waals surface area contributed by atoms with Crippen LogP contribution in [0.4, 0.5) is 15.3 Å². The lowest BCUT2D eigenvalue weighted by molar-refractivity contribution is -0.117. The maximum Gasteiger partial charge on any atom is 0.410 e. The van der Waals surface area contributed by atoms with Crippen LogP contribution in [0.5, 0.6) is 0 Å². The molecule has 1 aliphatic heterocycles. The fourth-order valence-electron chi connectivity index (χ4n) is 5.19. The number of carboxylic acid groups (broad SMARTS) is 1. The van der Waals surface area contributed by atoms with E-state index in [4.69, 9.17) is 16.3 Å². The molecule has 42 heavy (non-hydrogen) atoms. The topological polar surface area (TPSA) is 99.2 Å². The van der Waals surface area contributed by atoms with E-state index in [0.717, 1.165) is 0 Å². The minimum absolute atomic E-state index is 0.0798. The van der Waals surface area contributed by atoms with Crippen LogP contribution in [-0.4, -0.2) is 64.3 Å². The SMILES string of the molecule is CC(C)(C)OC(=O)N1CCN(C(=O)O)C(CC(=O)Nc2ccc(Cl)cc2Br)C1.CC1c2ccccc2-c2ccccc21. The minimum Gasteiger partial charge on any atom is -0.465 e. The molecule has 10 heteroatoms. The third-order valence-corrected chi connectivity index (χ3v) is 8.04. The average molecular weight is 657 g/mol. The van der Waals surface area contributed by atoms with Gasteiger partial charge >= 0.3 is 12.2 Å². The maximum atomic E-state index is 12.5. The number of carbonyl (C=O) groups excluding carboxylic acids is 2. The smallest absolute Gasteiger partial charge is 0.410 e. The van der Waals surface area contributed by atoms with Crippen LogP contribution < -0.4 is 5.32 Å². The van der Waals surface area contributed by atoms with Crippen LogP contribution in [0.25, 0.3) is 11.1 Å². The van der Waals surface area contributed by atoms with Gasteiger partial charge in [0.15, 0.2) is 0 Å². The third kappa shape index (κ3) is 7.63. The molecule has 0 radical (unpaired) electrons. The minimum atomic E-state index is -1.13. The van der Waals surface area contributed by atoms with Crippen molar-refractivity contribution < 1.29 is 24.2 Å². The highest BCUT2D eigenvalue weighted by Crippen LogP contribution is 2.43. The number of piperazine rings is 1. The summed E-state index contributed by atoms with van der Waals surface area (Å²) < 4.78 is 5.96. The second-order valence-electron chi connectivity index (χ2n) is 11.3. The summed E-state index contributed by atoms with van der Waals surface area (Å²) in [6, 6.07) is 21.7. The Labute approximate surface area is 259 Å². The lowest BCUT2D eigenvalue weighted by Crippen LogP contribution is -2.57. The molecule has 1 saturated heterocycles. The molecule has 1 fully saturated rings. The zero-order chi connectivity index (χ0) is 30.6. The molecule has 5 rings (SSSR count). The zero-order valence-corrected chi connectivity index (χ0v) is 26.4. The predicted molar refractivity (Wildman–Crippen MR) is 168 cm³/mol. The van der Waals surface area contributed by atoms with E-state index < -0.39 is 23.8 Å². The Kier molecular flexibility index (Phi) is 9.84. The monoisotopic (exact) mass is 655 g/mol. The van der Waals surface area contributed by atoms with Gasteiger partial charge in [0.25, 0.3) is 0 Å². The standard InChI is InChI=1S/C18H23BrClN3O5.C14H12/c1-18(2,3)28-17(27)22-6-7-23(16(25)26)12(10-22)9-15(24)21-14-5-4-11(20)8-13(14)19;1-10-11-6-2-4-8-13(11)14-9-5-3-7-12(10)14/h4-5,8,12H,6-7,9-10H2,1-3H3,(H,21,24)(H,25,26);2-10H,1H3. The van der Waals surface area contributed by atoms with Gasteiger partial charge in [-0.05, 0) is 77.2 Å². The van der Waals surface area contributed by atoms with E-state index in [1.807, 2.05) is 0 Å². The number of amides is 3. The predicted octanol–water partition coefficient (Wildman–Crippen LogP) is 7.85. The van der Waals surface area contributed by atoms with Crippen LogP contribution >= 0.6 is 27.5 Å². The number of nitrogens with one attached hydrogen (secondary N) is 1. The number of anilines is 1. The molecule has 1 unspecified atom stereocenters. The zero-order valence-electron chi connectivity index (χ0n) is 24.1. The molecule has 2 aliphatic rings. The quantitative estimate of drug-likeness (QED) is 0.299. The van der Waals surface area contributed by atoms with Crippen molar-refractivity contribution in [2.75, 3.05) is 25.0 Å². The highest BCUT2D eigenvalue weighted by molar-refractivity contribution is 9.10. The van der Waals surface area contributed by atoms with Crippen LogP contribution in [0.2, 0.25) is 5.02 Å². The summed E-state index contributed by atoms with van der Waals surface area (Å²) in [5, 5.41) is 12.7. The van der Waals surface area contributed by atoms with Gasteiger partial charge in [0, 0.05) is 41.5 Å². The highest BCUT2D eigenvalue weighted by atomic mass is 79.9. The lowest BCUT2D eigenvalue weighted by atomic mass is 10.00. The molecular formula is C32H35BrClN3O5. The van der Waals surface area contributed by atoms with E-state index in [2.05, 4.69) is 76.7 Å². The van der Waals surface area contributed by atoms with Gasteiger partial charge in [-0.25, -0.2) is 9.59 Å². The molecule has 0 spiro atoms. The summed E-state index contributed by atoms with van der Waals surface area (Å²) in [5.41, 5.74) is 5.62. The second kappa shape index (κ2) is 13.2. The maximum absolute atomic E-state index is 12.5. The number of ether oxygens (including phenoxy) is 1. The van der Waals surface area contributed by atoms with E-state index in [0.29, 0.717) is 21.1 Å². The fourth-order valence-corrected chi connectivity index (χ4v) is 5.97. The number of rotatable bonds is 3. The Morgan fingerprint density at radius 2 is 1.60 bits per heavy atom. The molecule has 2 N–H and O–H groups in total. The Balaban J connectivity index is 0.000000238. The van der Waals surface area contributed by atoms with Crippen LogP contribution in [0.1, 0.15) is 51.2 Å². The first-order valence-electron chi connectivity index (χ1n) is 13.7. The van der Waals surface area contributed by atoms with Crippen molar-refractivity contribution in [1.82, 2.24) is 9.80 Å². The number of hydrogen-bond acceptors (Lipinski definition) is 4. The molecule has 222 valence electrons. The van der Waals surface area contributed by atoms with Gasteiger partial charge in [-0.15, -0.1) is 0 Å². The van der Waals surface area contributed by atoms with Crippen molar-refractivity contribution >= 4 is 51.3 Å². The number of halogens is 2. The van der Waals surface area contributed by atoms with Gasteiger partial charge in [-0.1, -0.05) is 67.1 Å². The average Bonchev–Trinajstić information content (AvgIpc) is 3.22.